The Balaban J connectivity index is 0.00000156. The molecule has 2 aromatic rings. The Labute approximate surface area is 171 Å². The summed E-state index contributed by atoms with van der Waals surface area (Å²) in [5, 5.41) is 4.78. The number of amidine groups is 1. The van der Waals surface area contributed by atoms with Crippen LogP contribution in [-0.4, -0.2) is 86.6 Å². The van der Waals surface area contributed by atoms with Crippen molar-refractivity contribution in [1.82, 2.24) is 9.80 Å². The molecule has 0 atom stereocenters. The van der Waals surface area contributed by atoms with Crippen LogP contribution in [0.1, 0.15) is 10.4 Å². The van der Waals surface area contributed by atoms with Gasteiger partial charge in [0.25, 0.3) is 0 Å². The van der Waals surface area contributed by atoms with Crippen LogP contribution in [0, 0.1) is 6.92 Å². The first-order valence-corrected chi connectivity index (χ1v) is 8.51. The van der Waals surface area contributed by atoms with E-state index in [0.717, 1.165) is 43.4 Å². The zero-order chi connectivity index (χ0) is 15.1. The molecule has 3 heterocycles. The molecule has 2 aliphatic rings. The van der Waals surface area contributed by atoms with E-state index in [4.69, 9.17) is 4.99 Å². The molecule has 0 aliphatic carbocycles. The number of aryl methyl sites for hydroxylation is 1. The van der Waals surface area contributed by atoms with E-state index in [9.17, 15) is 0 Å². The minimum atomic E-state index is 0. The van der Waals surface area contributed by atoms with Crippen LogP contribution in [0.4, 0.5) is 16.4 Å². The van der Waals surface area contributed by atoms with E-state index < -0.39 is 0 Å². The maximum atomic E-state index is 5.01. The summed E-state index contributed by atoms with van der Waals surface area (Å²) < 4.78 is 0. The maximum absolute atomic E-state index is 5.01. The third-order valence-electron chi connectivity index (χ3n) is 4.28. The number of piperazine rings is 1. The average Bonchev–Trinajstić information content (AvgIpc) is 2.80. The van der Waals surface area contributed by atoms with Crippen molar-refractivity contribution in [2.24, 2.45) is 4.99 Å². The molecule has 1 aromatic heterocycles. The Bertz CT molecular complexity index is 732. The second-order valence-corrected chi connectivity index (χ2v) is 7.22. The van der Waals surface area contributed by atoms with Crippen LogP contribution in [0.5, 0.6) is 0 Å². The number of hydrogen-bond acceptors (Lipinski definition) is 5. The van der Waals surface area contributed by atoms with Gasteiger partial charge in [0.1, 0.15) is 10.8 Å². The SMILES string of the molecule is Cc1cc2c(s1)Nc1ccccc1N=C2N1CCN(C)CC1.[CaH2]. The van der Waals surface area contributed by atoms with Crippen LogP contribution in [0.3, 0.4) is 0 Å². The van der Waals surface area contributed by atoms with Crippen LogP contribution in [0.15, 0.2) is 35.3 Å². The molecule has 1 aromatic carbocycles. The van der Waals surface area contributed by atoms with Gasteiger partial charge in [0.05, 0.1) is 16.9 Å². The number of benzene rings is 1. The second-order valence-electron chi connectivity index (χ2n) is 5.97. The van der Waals surface area contributed by atoms with Crippen molar-refractivity contribution in [3.05, 3.63) is 40.8 Å². The zero-order valence-corrected chi connectivity index (χ0v) is 13.8. The standard InChI is InChI=1S/C17H20N4S.Ca.2H/c1-12-11-13-16(21-9-7-20(2)8-10-21)18-14-5-3-4-6-15(14)19-17(13)22-12;;;/h3-6,11,19H,7-10H2,1-2H3;;;. The van der Waals surface area contributed by atoms with Crippen LogP contribution < -0.4 is 5.32 Å². The Morgan fingerprint density at radius 3 is 2.65 bits per heavy atom. The molecule has 4 nitrogen and oxygen atoms in total. The van der Waals surface area contributed by atoms with E-state index in [1.54, 1.807) is 11.3 Å². The molecule has 0 unspecified atom stereocenters. The number of likely N-dealkylation sites (N-methyl/N-ethyl adjacent to an activating group) is 1. The zero-order valence-electron chi connectivity index (χ0n) is 13.0. The van der Waals surface area contributed by atoms with E-state index in [2.05, 4.69) is 59.4 Å². The van der Waals surface area contributed by atoms with Gasteiger partial charge in [-0.25, -0.2) is 4.99 Å². The fourth-order valence-electron chi connectivity index (χ4n) is 3.01. The molecule has 0 spiro atoms. The molecule has 0 saturated carbocycles. The number of nitrogens with one attached hydrogen (secondary N) is 1. The van der Waals surface area contributed by atoms with Gasteiger partial charge in [0, 0.05) is 31.1 Å². The number of para-hydroxylation sites is 2. The Kier molecular flexibility index (Phi) is 5.33. The van der Waals surface area contributed by atoms with Gasteiger partial charge in [-0.1, -0.05) is 12.1 Å². The summed E-state index contributed by atoms with van der Waals surface area (Å²) in [7, 11) is 2.18. The van der Waals surface area contributed by atoms with E-state index in [-0.39, 0.29) is 37.7 Å². The minimum absolute atomic E-state index is 0. The van der Waals surface area contributed by atoms with E-state index in [0.29, 0.717) is 0 Å². The summed E-state index contributed by atoms with van der Waals surface area (Å²) in [6, 6.07) is 10.6. The molecule has 1 saturated heterocycles. The first-order valence-electron chi connectivity index (χ1n) is 7.70. The van der Waals surface area contributed by atoms with E-state index >= 15 is 0 Å². The first-order chi connectivity index (χ1) is 10.7. The van der Waals surface area contributed by atoms with Gasteiger partial charge >= 0.3 is 37.7 Å². The van der Waals surface area contributed by atoms with Crippen LogP contribution >= 0.6 is 11.3 Å². The predicted octanol–water partition coefficient (Wildman–Crippen LogP) is 2.52. The predicted molar refractivity (Wildman–Crippen MR) is 103 cm³/mol. The number of fused-ring (bicyclic) bond motifs is 2. The van der Waals surface area contributed by atoms with Gasteiger partial charge in [-0.3, -0.25) is 0 Å². The van der Waals surface area contributed by atoms with Crippen molar-refractivity contribution in [1.29, 1.82) is 0 Å². The summed E-state index contributed by atoms with van der Waals surface area (Å²) in [6.45, 7) is 6.41. The van der Waals surface area contributed by atoms with Gasteiger partial charge < -0.3 is 15.1 Å². The first kappa shape index (κ1) is 17.2. The van der Waals surface area contributed by atoms with Crippen LogP contribution in [0.2, 0.25) is 0 Å². The molecule has 118 valence electrons. The number of hydrogen-bond donors (Lipinski definition) is 1. The van der Waals surface area contributed by atoms with Crippen molar-refractivity contribution in [2.75, 3.05) is 38.5 Å². The summed E-state index contributed by atoms with van der Waals surface area (Å²) >= 11 is 1.81. The third-order valence-corrected chi connectivity index (χ3v) is 5.24. The third kappa shape index (κ3) is 3.44. The quantitative estimate of drug-likeness (QED) is 0.738. The van der Waals surface area contributed by atoms with Gasteiger partial charge in [0.15, 0.2) is 0 Å². The molecule has 23 heavy (non-hydrogen) atoms. The fraction of sp³-hybridized carbons (Fsp3) is 0.353. The molecular formula is C17H22CaN4S. The topological polar surface area (TPSA) is 30.9 Å². The molecule has 2 aliphatic heterocycles. The average molecular weight is 355 g/mol. The Morgan fingerprint density at radius 2 is 1.87 bits per heavy atom. The molecule has 6 heteroatoms. The van der Waals surface area contributed by atoms with Gasteiger partial charge in [-0.05, 0) is 32.2 Å². The van der Waals surface area contributed by atoms with Crippen molar-refractivity contribution in [2.45, 2.75) is 6.92 Å². The van der Waals surface area contributed by atoms with Crippen LogP contribution in [0.25, 0.3) is 0 Å². The Morgan fingerprint density at radius 1 is 1.13 bits per heavy atom. The van der Waals surface area contributed by atoms with Crippen molar-refractivity contribution in [3.8, 4) is 0 Å². The molecule has 0 radical (unpaired) electrons. The second kappa shape index (κ2) is 7.11. The normalized spacial score (nSPS) is 17.3. The van der Waals surface area contributed by atoms with Crippen molar-refractivity contribution in [3.63, 3.8) is 0 Å². The van der Waals surface area contributed by atoms with Gasteiger partial charge in [0.2, 0.25) is 0 Å². The Hall–Kier alpha value is -0.590. The van der Waals surface area contributed by atoms with E-state index in [1.165, 1.54) is 15.4 Å². The van der Waals surface area contributed by atoms with E-state index in [1.807, 2.05) is 0 Å². The molecule has 0 amide bonds. The monoisotopic (exact) mass is 354 g/mol. The summed E-state index contributed by atoms with van der Waals surface area (Å²) in [4.78, 5) is 11.1. The van der Waals surface area contributed by atoms with Crippen molar-refractivity contribution < 1.29 is 0 Å². The molecule has 4 rings (SSSR count). The molecular weight excluding hydrogens is 332 g/mol. The van der Waals surface area contributed by atoms with Crippen molar-refractivity contribution >= 4 is 71.3 Å². The van der Waals surface area contributed by atoms with Gasteiger partial charge in [-0.2, -0.15) is 0 Å². The number of anilines is 2. The van der Waals surface area contributed by atoms with Crippen LogP contribution in [-0.2, 0) is 0 Å². The number of aliphatic imine (C=N–C) groups is 1. The summed E-state index contributed by atoms with van der Waals surface area (Å²) in [5.74, 6) is 1.12. The molecule has 0 bridgehead atoms. The van der Waals surface area contributed by atoms with Gasteiger partial charge in [-0.15, -0.1) is 11.3 Å². The molecule has 1 N–H and O–H groups in total. The number of nitrogens with zero attached hydrogens (tertiary/aromatic N) is 3. The fourth-order valence-corrected chi connectivity index (χ4v) is 3.93. The summed E-state index contributed by atoms with van der Waals surface area (Å²) in [5.41, 5.74) is 3.36. The number of rotatable bonds is 0. The summed E-state index contributed by atoms with van der Waals surface area (Å²) in [6.07, 6.45) is 0. The number of thiophene rings is 1. The molecule has 1 fully saturated rings.